The highest BCUT2D eigenvalue weighted by Crippen LogP contribution is 2.37. The van der Waals surface area contributed by atoms with Crippen LogP contribution in [0.4, 0.5) is 11.4 Å². The monoisotopic (exact) mass is 336 g/mol. The first kappa shape index (κ1) is 14.3. The number of hydrogen-bond acceptors (Lipinski definition) is 4. The lowest BCUT2D eigenvalue weighted by Crippen LogP contribution is -2.02. The van der Waals surface area contributed by atoms with Crippen molar-refractivity contribution in [1.29, 1.82) is 0 Å². The van der Waals surface area contributed by atoms with Crippen LogP contribution in [0.3, 0.4) is 0 Å². The number of para-hydroxylation sites is 1. The lowest BCUT2D eigenvalue weighted by molar-refractivity contribution is -0.384. The van der Waals surface area contributed by atoms with Gasteiger partial charge in [-0.25, -0.2) is 0 Å². The zero-order valence-electron chi connectivity index (χ0n) is 10.8. The van der Waals surface area contributed by atoms with E-state index in [9.17, 15) is 10.1 Å². The molecule has 0 fully saturated rings. The second kappa shape index (κ2) is 6.38. The van der Waals surface area contributed by atoms with Gasteiger partial charge in [-0.2, -0.15) is 0 Å². The van der Waals surface area contributed by atoms with E-state index in [1.165, 1.54) is 0 Å². The maximum atomic E-state index is 11.3. The van der Waals surface area contributed by atoms with Gasteiger partial charge >= 0.3 is 5.69 Å². The van der Waals surface area contributed by atoms with Gasteiger partial charge in [-0.15, -0.1) is 0 Å². The van der Waals surface area contributed by atoms with Crippen molar-refractivity contribution in [3.8, 4) is 11.5 Å². The lowest BCUT2D eigenvalue weighted by Gasteiger charge is -2.10. The molecule has 1 N–H and O–H groups in total. The van der Waals surface area contributed by atoms with Crippen molar-refractivity contribution in [3.05, 3.63) is 57.1 Å². The molecule has 5 nitrogen and oxygen atoms in total. The van der Waals surface area contributed by atoms with E-state index in [-0.39, 0.29) is 11.4 Å². The summed E-state index contributed by atoms with van der Waals surface area (Å²) in [5.41, 5.74) is 0.388. The van der Waals surface area contributed by atoms with Gasteiger partial charge in [0.05, 0.1) is 4.92 Å². The number of benzene rings is 2. The SMILES string of the molecule is CCNc1cccc(Oc2cccc(Br)c2)c1[N+](=O)[O-]. The van der Waals surface area contributed by atoms with Crippen LogP contribution >= 0.6 is 15.9 Å². The zero-order chi connectivity index (χ0) is 14.5. The Hall–Kier alpha value is -2.08. The van der Waals surface area contributed by atoms with Crippen molar-refractivity contribution < 1.29 is 9.66 Å². The molecule has 104 valence electrons. The highest BCUT2D eigenvalue weighted by molar-refractivity contribution is 9.10. The molecule has 0 saturated heterocycles. The van der Waals surface area contributed by atoms with E-state index in [1.807, 2.05) is 13.0 Å². The minimum Gasteiger partial charge on any atom is -0.450 e. The van der Waals surface area contributed by atoms with Crippen LogP contribution in [0.15, 0.2) is 46.9 Å². The molecule has 0 aromatic heterocycles. The molecule has 0 spiro atoms. The van der Waals surface area contributed by atoms with E-state index in [2.05, 4.69) is 21.2 Å². The van der Waals surface area contributed by atoms with Gasteiger partial charge in [0, 0.05) is 11.0 Å². The number of nitro groups is 1. The van der Waals surface area contributed by atoms with Crippen LogP contribution in [0.1, 0.15) is 6.92 Å². The third-order valence-electron chi connectivity index (χ3n) is 2.57. The van der Waals surface area contributed by atoms with Crippen molar-refractivity contribution in [2.75, 3.05) is 11.9 Å². The van der Waals surface area contributed by atoms with Crippen LogP contribution < -0.4 is 10.1 Å². The van der Waals surface area contributed by atoms with Crippen LogP contribution in [-0.4, -0.2) is 11.5 Å². The minimum absolute atomic E-state index is 0.0608. The molecule has 0 aliphatic rings. The fourth-order valence-corrected chi connectivity index (χ4v) is 2.16. The van der Waals surface area contributed by atoms with Gasteiger partial charge < -0.3 is 10.1 Å². The van der Waals surface area contributed by atoms with E-state index in [0.717, 1.165) is 4.47 Å². The molecule has 2 aromatic rings. The fraction of sp³-hybridized carbons (Fsp3) is 0.143. The summed E-state index contributed by atoms with van der Waals surface area (Å²) in [4.78, 5) is 10.8. The lowest BCUT2D eigenvalue weighted by atomic mass is 10.2. The summed E-state index contributed by atoms with van der Waals surface area (Å²) in [6, 6.07) is 12.1. The Kier molecular flexibility index (Phi) is 4.57. The Morgan fingerprint density at radius 2 is 2.05 bits per heavy atom. The number of rotatable bonds is 5. The van der Waals surface area contributed by atoms with Gasteiger partial charge in [0.25, 0.3) is 0 Å². The minimum atomic E-state index is -0.439. The predicted molar refractivity (Wildman–Crippen MR) is 81.5 cm³/mol. The molecule has 0 aliphatic carbocycles. The van der Waals surface area contributed by atoms with Crippen molar-refractivity contribution in [2.45, 2.75) is 6.92 Å². The molecule has 2 aromatic carbocycles. The Labute approximate surface area is 124 Å². The average Bonchev–Trinajstić information content (AvgIpc) is 2.39. The number of nitro benzene ring substituents is 1. The molecule has 0 saturated carbocycles. The van der Waals surface area contributed by atoms with E-state index >= 15 is 0 Å². The molecule has 0 radical (unpaired) electrons. The topological polar surface area (TPSA) is 64.4 Å². The summed E-state index contributed by atoms with van der Waals surface area (Å²) >= 11 is 3.34. The first-order chi connectivity index (χ1) is 9.61. The van der Waals surface area contributed by atoms with Gasteiger partial charge in [0.1, 0.15) is 11.4 Å². The molecule has 0 aliphatic heterocycles. The van der Waals surface area contributed by atoms with Crippen LogP contribution in [-0.2, 0) is 0 Å². The molecule has 0 bridgehead atoms. The highest BCUT2D eigenvalue weighted by atomic mass is 79.9. The first-order valence-corrected chi connectivity index (χ1v) is 6.86. The van der Waals surface area contributed by atoms with Gasteiger partial charge in [0.2, 0.25) is 5.75 Å². The summed E-state index contributed by atoms with van der Waals surface area (Å²) in [6.07, 6.45) is 0. The summed E-state index contributed by atoms with van der Waals surface area (Å²) in [6.45, 7) is 2.48. The third-order valence-corrected chi connectivity index (χ3v) is 3.07. The van der Waals surface area contributed by atoms with Gasteiger partial charge in [-0.1, -0.05) is 28.1 Å². The molecule has 0 unspecified atom stereocenters. The summed E-state index contributed by atoms with van der Waals surface area (Å²) < 4.78 is 6.47. The van der Waals surface area contributed by atoms with Gasteiger partial charge in [-0.05, 0) is 37.3 Å². The Balaban J connectivity index is 2.40. The normalized spacial score (nSPS) is 10.1. The average molecular weight is 337 g/mol. The number of hydrogen-bond donors (Lipinski definition) is 1. The van der Waals surface area contributed by atoms with Crippen molar-refractivity contribution in [1.82, 2.24) is 0 Å². The zero-order valence-corrected chi connectivity index (χ0v) is 12.4. The number of anilines is 1. The first-order valence-electron chi connectivity index (χ1n) is 6.06. The van der Waals surface area contributed by atoms with Gasteiger partial charge in [0.15, 0.2) is 0 Å². The number of ether oxygens (including phenoxy) is 1. The summed E-state index contributed by atoms with van der Waals surface area (Å²) in [5, 5.41) is 14.2. The smallest absolute Gasteiger partial charge is 0.334 e. The molecule has 6 heteroatoms. The largest absolute Gasteiger partial charge is 0.450 e. The molecule has 2 rings (SSSR count). The van der Waals surface area contributed by atoms with Crippen LogP contribution in [0.25, 0.3) is 0 Å². The Bertz CT molecular complexity index is 632. The van der Waals surface area contributed by atoms with Crippen molar-refractivity contribution in [2.24, 2.45) is 0 Å². The maximum Gasteiger partial charge on any atom is 0.334 e. The van der Waals surface area contributed by atoms with Crippen LogP contribution in [0.5, 0.6) is 11.5 Å². The molecular weight excluding hydrogens is 324 g/mol. The summed E-state index contributed by atoms with van der Waals surface area (Å²) in [7, 11) is 0. The number of halogens is 1. The molecular formula is C14H13BrN2O3. The van der Waals surface area contributed by atoms with E-state index in [1.54, 1.807) is 36.4 Å². The molecule has 0 amide bonds. The van der Waals surface area contributed by atoms with E-state index < -0.39 is 4.92 Å². The second-order valence-electron chi connectivity index (χ2n) is 4.00. The van der Waals surface area contributed by atoms with Crippen molar-refractivity contribution >= 4 is 27.3 Å². The van der Waals surface area contributed by atoms with Crippen LogP contribution in [0, 0.1) is 10.1 Å². The fourth-order valence-electron chi connectivity index (χ4n) is 1.78. The second-order valence-corrected chi connectivity index (χ2v) is 4.91. The third kappa shape index (κ3) is 3.27. The van der Waals surface area contributed by atoms with E-state index in [0.29, 0.717) is 18.0 Å². The van der Waals surface area contributed by atoms with Crippen molar-refractivity contribution in [3.63, 3.8) is 0 Å². The molecule has 0 atom stereocenters. The quantitative estimate of drug-likeness (QED) is 0.641. The predicted octanol–water partition coefficient (Wildman–Crippen LogP) is 4.58. The van der Waals surface area contributed by atoms with E-state index in [4.69, 9.17) is 4.74 Å². The van der Waals surface area contributed by atoms with Gasteiger partial charge in [-0.3, -0.25) is 10.1 Å². The molecule has 20 heavy (non-hydrogen) atoms. The maximum absolute atomic E-state index is 11.3. The number of nitrogens with one attached hydrogen (secondary N) is 1. The van der Waals surface area contributed by atoms with Crippen LogP contribution in [0.2, 0.25) is 0 Å². The Morgan fingerprint density at radius 1 is 1.30 bits per heavy atom. The standard InChI is InChI=1S/C14H13BrN2O3/c1-2-16-12-7-4-8-13(14(12)17(18)19)20-11-6-3-5-10(15)9-11/h3-9,16H,2H2,1H3. The highest BCUT2D eigenvalue weighted by Gasteiger charge is 2.21. The number of nitrogens with zero attached hydrogens (tertiary/aromatic N) is 1. The molecule has 0 heterocycles. The summed E-state index contributed by atoms with van der Waals surface area (Å²) in [5.74, 6) is 0.752. The Morgan fingerprint density at radius 3 is 2.70 bits per heavy atom.